The van der Waals surface area contributed by atoms with Gasteiger partial charge in [0.15, 0.2) is 0 Å². The van der Waals surface area contributed by atoms with E-state index in [4.69, 9.17) is 15.2 Å². The van der Waals surface area contributed by atoms with Gasteiger partial charge in [0.25, 0.3) is 0 Å². The van der Waals surface area contributed by atoms with E-state index in [1.54, 1.807) is 36.1 Å². The second kappa shape index (κ2) is 6.38. The zero-order chi connectivity index (χ0) is 17.1. The Hall–Kier alpha value is -3.40. The largest absolute Gasteiger partial charge is 0.497 e. The average molecular weight is 323 g/mol. The number of aromatic nitrogens is 3. The maximum Gasteiger partial charge on any atom is 0.224 e. The van der Waals surface area contributed by atoms with Crippen molar-refractivity contribution in [3.63, 3.8) is 0 Å². The van der Waals surface area contributed by atoms with Gasteiger partial charge in [0.05, 0.1) is 19.3 Å². The van der Waals surface area contributed by atoms with E-state index < -0.39 is 0 Å². The molecule has 24 heavy (non-hydrogen) atoms. The van der Waals surface area contributed by atoms with Crippen molar-refractivity contribution in [3.05, 3.63) is 54.2 Å². The lowest BCUT2D eigenvalue weighted by atomic mass is 10.3. The summed E-state index contributed by atoms with van der Waals surface area (Å²) < 4.78 is 14.7. The van der Waals surface area contributed by atoms with Gasteiger partial charge in [-0.3, -0.25) is 4.57 Å². The molecule has 3 aromatic rings. The number of anilines is 1. The Bertz CT molecular complexity index is 904. The molecule has 2 N–H and O–H groups in total. The van der Waals surface area contributed by atoms with Gasteiger partial charge in [0.1, 0.15) is 29.1 Å². The molecule has 0 aliphatic rings. The van der Waals surface area contributed by atoms with E-state index in [1.807, 2.05) is 29.9 Å². The molecular formula is C17H17N5O2. The zero-order valence-corrected chi connectivity index (χ0v) is 13.4. The van der Waals surface area contributed by atoms with E-state index in [0.29, 0.717) is 35.3 Å². The molecule has 2 heterocycles. The van der Waals surface area contributed by atoms with E-state index in [1.165, 1.54) is 0 Å². The third-order valence-electron chi connectivity index (χ3n) is 3.67. The molecule has 0 aliphatic heterocycles. The quantitative estimate of drug-likeness (QED) is 0.779. The van der Waals surface area contributed by atoms with Crippen molar-refractivity contribution in [3.8, 4) is 23.4 Å². The predicted molar refractivity (Wildman–Crippen MR) is 88.9 cm³/mol. The maximum absolute atomic E-state index is 9.37. The summed E-state index contributed by atoms with van der Waals surface area (Å²) >= 11 is 0. The highest BCUT2D eigenvalue weighted by Crippen LogP contribution is 2.33. The van der Waals surface area contributed by atoms with E-state index in [9.17, 15) is 5.26 Å². The molecule has 0 amide bonds. The summed E-state index contributed by atoms with van der Waals surface area (Å²) in [6.45, 7) is 0.378. The molecule has 7 nitrogen and oxygen atoms in total. The molecule has 0 radical (unpaired) electrons. The van der Waals surface area contributed by atoms with Crippen LogP contribution in [0.5, 0.6) is 17.4 Å². The molecule has 0 aliphatic carbocycles. The smallest absolute Gasteiger partial charge is 0.224 e. The van der Waals surface area contributed by atoms with E-state index in [0.717, 1.165) is 5.82 Å². The lowest BCUT2D eigenvalue weighted by molar-refractivity contribution is 0.403. The van der Waals surface area contributed by atoms with Crippen LogP contribution in [0.25, 0.3) is 0 Å². The number of nitrogen functional groups attached to an aromatic ring is 1. The van der Waals surface area contributed by atoms with Crippen molar-refractivity contribution in [2.45, 2.75) is 6.54 Å². The number of nitrogens with two attached hydrogens (primary N) is 1. The van der Waals surface area contributed by atoms with Gasteiger partial charge in [-0.25, -0.2) is 4.98 Å². The maximum atomic E-state index is 9.37. The van der Waals surface area contributed by atoms with Gasteiger partial charge in [-0.05, 0) is 12.1 Å². The summed E-state index contributed by atoms with van der Waals surface area (Å²) in [4.78, 5) is 4.29. The molecule has 0 bridgehead atoms. The minimum Gasteiger partial charge on any atom is -0.497 e. The third kappa shape index (κ3) is 2.90. The molecule has 0 atom stereocenters. The van der Waals surface area contributed by atoms with Crippen molar-refractivity contribution in [1.29, 1.82) is 5.26 Å². The highest BCUT2D eigenvalue weighted by molar-refractivity contribution is 5.56. The first kappa shape index (κ1) is 15.5. The summed E-state index contributed by atoms with van der Waals surface area (Å²) in [5.74, 6) is 2.44. The van der Waals surface area contributed by atoms with Crippen LogP contribution in [0, 0.1) is 11.3 Å². The number of nitrogens with zero attached hydrogens (tertiary/aromatic N) is 4. The fourth-order valence-corrected chi connectivity index (χ4v) is 2.38. The van der Waals surface area contributed by atoms with Crippen molar-refractivity contribution in [2.75, 3.05) is 12.8 Å². The van der Waals surface area contributed by atoms with Crippen LogP contribution in [0.2, 0.25) is 0 Å². The predicted octanol–water partition coefficient (Wildman–Crippen LogP) is 2.52. The summed E-state index contributed by atoms with van der Waals surface area (Å²) in [6.07, 6.45) is 3.55. The molecule has 1 aromatic carbocycles. The van der Waals surface area contributed by atoms with E-state index in [-0.39, 0.29) is 0 Å². The number of benzene rings is 1. The summed E-state index contributed by atoms with van der Waals surface area (Å²) in [6, 6.07) is 10.9. The molecule has 0 saturated carbocycles. The van der Waals surface area contributed by atoms with Crippen LogP contribution in [0.1, 0.15) is 11.5 Å². The number of rotatable bonds is 5. The number of nitriles is 1. The van der Waals surface area contributed by atoms with E-state index >= 15 is 0 Å². The molecule has 3 rings (SSSR count). The molecule has 2 aromatic heterocycles. The van der Waals surface area contributed by atoms with Gasteiger partial charge in [0.2, 0.25) is 5.88 Å². The van der Waals surface area contributed by atoms with Crippen LogP contribution in [0.3, 0.4) is 0 Å². The first-order valence-corrected chi connectivity index (χ1v) is 7.29. The second-order valence-corrected chi connectivity index (χ2v) is 5.22. The third-order valence-corrected chi connectivity index (χ3v) is 3.67. The van der Waals surface area contributed by atoms with Crippen LogP contribution >= 0.6 is 0 Å². The first-order chi connectivity index (χ1) is 11.6. The van der Waals surface area contributed by atoms with Gasteiger partial charge < -0.3 is 19.8 Å². The Morgan fingerprint density at radius 3 is 2.75 bits per heavy atom. The fourth-order valence-electron chi connectivity index (χ4n) is 2.38. The van der Waals surface area contributed by atoms with Gasteiger partial charge >= 0.3 is 0 Å². The number of hydrogen-bond acceptors (Lipinski definition) is 5. The molecule has 7 heteroatoms. The van der Waals surface area contributed by atoms with Crippen LogP contribution in [-0.4, -0.2) is 21.2 Å². The number of imidazole rings is 1. The summed E-state index contributed by atoms with van der Waals surface area (Å²) in [5, 5.41) is 9.37. The molecule has 0 spiro atoms. The molecule has 122 valence electrons. The standard InChI is InChI=1S/C17H17N5O2/c1-21-7-6-20-16(21)11-22-12(10-18)8-15(19)17(22)24-14-5-3-4-13(9-14)23-2/h3-9H,11,19H2,1-2H3. The van der Waals surface area contributed by atoms with Crippen molar-refractivity contribution >= 4 is 5.69 Å². The second-order valence-electron chi connectivity index (χ2n) is 5.22. The Labute approximate surface area is 139 Å². The first-order valence-electron chi connectivity index (χ1n) is 7.29. The fraction of sp³-hybridized carbons (Fsp3) is 0.176. The Morgan fingerprint density at radius 1 is 1.29 bits per heavy atom. The minimum absolute atomic E-state index is 0.378. The Morgan fingerprint density at radius 2 is 2.08 bits per heavy atom. The van der Waals surface area contributed by atoms with E-state index in [2.05, 4.69) is 11.1 Å². The van der Waals surface area contributed by atoms with Crippen LogP contribution < -0.4 is 15.2 Å². The molecular weight excluding hydrogens is 306 g/mol. The van der Waals surface area contributed by atoms with Gasteiger partial charge in [-0.15, -0.1) is 0 Å². The SMILES string of the molecule is COc1cccc(Oc2c(N)cc(C#N)n2Cc2nccn2C)c1. The van der Waals surface area contributed by atoms with Gasteiger partial charge in [-0.1, -0.05) is 6.07 Å². The van der Waals surface area contributed by atoms with Crippen molar-refractivity contribution < 1.29 is 9.47 Å². The Kier molecular flexibility index (Phi) is 4.12. The highest BCUT2D eigenvalue weighted by Gasteiger charge is 2.17. The lowest BCUT2D eigenvalue weighted by Crippen LogP contribution is -2.09. The van der Waals surface area contributed by atoms with Crippen molar-refractivity contribution in [2.24, 2.45) is 7.05 Å². The lowest BCUT2D eigenvalue weighted by Gasteiger charge is -2.13. The minimum atomic E-state index is 0.378. The highest BCUT2D eigenvalue weighted by atomic mass is 16.5. The zero-order valence-electron chi connectivity index (χ0n) is 13.4. The van der Waals surface area contributed by atoms with Crippen LogP contribution in [-0.2, 0) is 13.6 Å². The monoisotopic (exact) mass is 323 g/mol. The van der Waals surface area contributed by atoms with Crippen LogP contribution in [0.4, 0.5) is 5.69 Å². The van der Waals surface area contributed by atoms with Gasteiger partial charge in [0, 0.05) is 31.6 Å². The summed E-state index contributed by atoms with van der Waals surface area (Å²) in [7, 11) is 3.48. The Balaban J connectivity index is 1.99. The molecule has 0 fully saturated rings. The van der Waals surface area contributed by atoms with Crippen molar-refractivity contribution in [1.82, 2.24) is 14.1 Å². The summed E-state index contributed by atoms with van der Waals surface area (Å²) in [5.41, 5.74) is 6.85. The normalized spacial score (nSPS) is 10.4. The van der Waals surface area contributed by atoms with Crippen LogP contribution in [0.15, 0.2) is 42.7 Å². The van der Waals surface area contributed by atoms with Gasteiger partial charge in [-0.2, -0.15) is 5.26 Å². The number of hydrogen-bond donors (Lipinski definition) is 1. The average Bonchev–Trinajstić information content (AvgIpc) is 3.13. The topological polar surface area (TPSA) is 91.0 Å². The number of aryl methyl sites for hydroxylation is 1. The number of methoxy groups -OCH3 is 1. The molecule has 0 unspecified atom stereocenters. The number of ether oxygens (including phenoxy) is 2. The molecule has 0 saturated heterocycles.